The van der Waals surface area contributed by atoms with Crippen LogP contribution in [0.4, 0.5) is 8.78 Å². The Morgan fingerprint density at radius 3 is 2.53 bits per heavy atom. The molecule has 1 fully saturated rings. The van der Waals surface area contributed by atoms with Crippen LogP contribution in [0.3, 0.4) is 0 Å². The van der Waals surface area contributed by atoms with Gasteiger partial charge in [-0.15, -0.1) is 0 Å². The van der Waals surface area contributed by atoms with Crippen molar-refractivity contribution in [2.24, 2.45) is 0 Å². The Balaban J connectivity index is 1.34. The molecular formula is C24H23F2N3O. The molecular weight excluding hydrogens is 384 g/mol. The van der Waals surface area contributed by atoms with Crippen LogP contribution in [0.1, 0.15) is 28.8 Å². The van der Waals surface area contributed by atoms with Gasteiger partial charge in [-0.05, 0) is 54.3 Å². The van der Waals surface area contributed by atoms with Crippen LogP contribution in [-0.2, 0) is 6.54 Å². The Bertz CT molecular complexity index is 1020. The number of halogens is 2. The molecule has 1 N–H and O–H groups in total. The smallest absolute Gasteiger partial charge is 0.251 e. The van der Waals surface area contributed by atoms with Crippen molar-refractivity contribution in [2.75, 3.05) is 13.1 Å². The fraction of sp³-hybridized carbons (Fsp3) is 0.250. The number of amides is 1. The fourth-order valence-electron chi connectivity index (χ4n) is 3.83. The van der Waals surface area contributed by atoms with E-state index in [1.165, 1.54) is 12.1 Å². The van der Waals surface area contributed by atoms with Crippen molar-refractivity contribution in [1.82, 2.24) is 15.2 Å². The van der Waals surface area contributed by atoms with E-state index in [2.05, 4.69) is 15.2 Å². The molecule has 0 aliphatic carbocycles. The molecule has 0 atom stereocenters. The minimum absolute atomic E-state index is 0.0649. The Morgan fingerprint density at radius 2 is 1.80 bits per heavy atom. The van der Waals surface area contributed by atoms with Gasteiger partial charge in [0.15, 0.2) is 0 Å². The SMILES string of the molecule is O=C(NC1CCN(Cc2cccc(-c3ccc(F)cc3F)c2)CC1)c1ccncc1. The molecule has 0 saturated carbocycles. The summed E-state index contributed by atoms with van der Waals surface area (Å²) in [5, 5.41) is 3.10. The third-order valence-electron chi connectivity index (χ3n) is 5.44. The van der Waals surface area contributed by atoms with Gasteiger partial charge in [-0.25, -0.2) is 8.78 Å². The van der Waals surface area contributed by atoms with Gasteiger partial charge in [0.25, 0.3) is 5.91 Å². The summed E-state index contributed by atoms with van der Waals surface area (Å²) in [5.74, 6) is -1.20. The predicted molar refractivity (Wildman–Crippen MR) is 112 cm³/mol. The van der Waals surface area contributed by atoms with Crippen molar-refractivity contribution < 1.29 is 13.6 Å². The number of rotatable bonds is 5. The van der Waals surface area contributed by atoms with Crippen LogP contribution < -0.4 is 5.32 Å². The zero-order valence-electron chi connectivity index (χ0n) is 16.5. The molecule has 1 amide bonds. The molecule has 0 unspecified atom stereocenters. The van der Waals surface area contributed by atoms with E-state index in [1.54, 1.807) is 24.5 Å². The molecule has 0 spiro atoms. The highest BCUT2D eigenvalue weighted by molar-refractivity contribution is 5.94. The van der Waals surface area contributed by atoms with Crippen LogP contribution in [0.25, 0.3) is 11.1 Å². The number of piperidine rings is 1. The lowest BCUT2D eigenvalue weighted by molar-refractivity contribution is 0.0909. The molecule has 1 aromatic heterocycles. The normalized spacial score (nSPS) is 15.1. The zero-order chi connectivity index (χ0) is 20.9. The van der Waals surface area contributed by atoms with Crippen LogP contribution in [0.15, 0.2) is 67.0 Å². The van der Waals surface area contributed by atoms with Crippen molar-refractivity contribution in [3.8, 4) is 11.1 Å². The number of carbonyl (C=O) groups is 1. The Hall–Kier alpha value is -3.12. The molecule has 2 heterocycles. The van der Waals surface area contributed by atoms with Crippen LogP contribution in [-0.4, -0.2) is 34.9 Å². The van der Waals surface area contributed by atoms with Crippen LogP contribution >= 0.6 is 0 Å². The van der Waals surface area contributed by atoms with Crippen LogP contribution in [0, 0.1) is 11.6 Å². The lowest BCUT2D eigenvalue weighted by Crippen LogP contribution is -2.44. The first-order valence-electron chi connectivity index (χ1n) is 10.1. The highest BCUT2D eigenvalue weighted by Crippen LogP contribution is 2.25. The number of benzene rings is 2. The molecule has 1 aliphatic rings. The van der Waals surface area contributed by atoms with Gasteiger partial charge in [-0.3, -0.25) is 14.7 Å². The Kier molecular flexibility index (Phi) is 6.14. The minimum Gasteiger partial charge on any atom is -0.349 e. The molecule has 1 aliphatic heterocycles. The summed E-state index contributed by atoms with van der Waals surface area (Å²) in [6.07, 6.45) is 4.99. The van der Waals surface area contributed by atoms with E-state index in [9.17, 15) is 13.6 Å². The van der Waals surface area contributed by atoms with E-state index >= 15 is 0 Å². The standard InChI is InChI=1S/C24H23F2N3O/c25-20-4-5-22(23(26)15-20)19-3-1-2-17(14-19)16-29-12-8-21(9-13-29)28-24(30)18-6-10-27-11-7-18/h1-7,10-11,14-15,21H,8-9,12-13,16H2,(H,28,30). The number of nitrogens with one attached hydrogen (secondary N) is 1. The van der Waals surface area contributed by atoms with Gasteiger partial charge in [0.05, 0.1) is 0 Å². The van der Waals surface area contributed by atoms with Crippen molar-refractivity contribution in [3.05, 3.63) is 89.8 Å². The van der Waals surface area contributed by atoms with E-state index in [4.69, 9.17) is 0 Å². The summed E-state index contributed by atoms with van der Waals surface area (Å²) in [6, 6.07) is 14.9. The molecule has 6 heteroatoms. The second kappa shape index (κ2) is 9.13. The summed E-state index contributed by atoms with van der Waals surface area (Å²) in [5.41, 5.74) is 2.84. The fourth-order valence-corrected chi connectivity index (χ4v) is 3.83. The number of likely N-dealkylation sites (tertiary alicyclic amines) is 1. The molecule has 4 rings (SSSR count). The van der Waals surface area contributed by atoms with E-state index in [-0.39, 0.29) is 11.9 Å². The molecule has 2 aromatic carbocycles. The van der Waals surface area contributed by atoms with E-state index in [1.807, 2.05) is 24.3 Å². The van der Waals surface area contributed by atoms with Crippen molar-refractivity contribution in [2.45, 2.75) is 25.4 Å². The summed E-state index contributed by atoms with van der Waals surface area (Å²) in [6.45, 7) is 2.49. The van der Waals surface area contributed by atoms with Crippen molar-refractivity contribution in [1.29, 1.82) is 0 Å². The number of pyridine rings is 1. The highest BCUT2D eigenvalue weighted by Gasteiger charge is 2.21. The van der Waals surface area contributed by atoms with Crippen LogP contribution in [0.2, 0.25) is 0 Å². The summed E-state index contributed by atoms with van der Waals surface area (Å²) in [4.78, 5) is 18.6. The Morgan fingerprint density at radius 1 is 1.03 bits per heavy atom. The first-order valence-corrected chi connectivity index (χ1v) is 10.1. The first-order chi connectivity index (χ1) is 14.6. The van der Waals surface area contributed by atoms with Crippen LogP contribution in [0.5, 0.6) is 0 Å². The molecule has 0 bridgehead atoms. The molecule has 4 nitrogen and oxygen atoms in total. The van der Waals surface area contributed by atoms with E-state index < -0.39 is 11.6 Å². The highest BCUT2D eigenvalue weighted by atomic mass is 19.1. The minimum atomic E-state index is -0.578. The number of nitrogens with zero attached hydrogens (tertiary/aromatic N) is 2. The van der Waals surface area contributed by atoms with Crippen molar-refractivity contribution in [3.63, 3.8) is 0 Å². The molecule has 1 saturated heterocycles. The van der Waals surface area contributed by atoms with Gasteiger partial charge in [-0.1, -0.05) is 18.2 Å². The van der Waals surface area contributed by atoms with E-state index in [0.29, 0.717) is 11.1 Å². The molecule has 3 aromatic rings. The lowest BCUT2D eigenvalue weighted by Gasteiger charge is -2.32. The average Bonchev–Trinajstić information content (AvgIpc) is 2.76. The molecule has 30 heavy (non-hydrogen) atoms. The first kappa shape index (κ1) is 20.2. The molecule has 0 radical (unpaired) electrons. The van der Waals surface area contributed by atoms with Gasteiger partial charge < -0.3 is 5.32 Å². The summed E-state index contributed by atoms with van der Waals surface area (Å²) < 4.78 is 27.3. The number of hydrogen-bond acceptors (Lipinski definition) is 3. The number of carbonyl (C=O) groups excluding carboxylic acids is 1. The number of hydrogen-bond donors (Lipinski definition) is 1. The van der Waals surface area contributed by atoms with E-state index in [0.717, 1.165) is 49.7 Å². The maximum absolute atomic E-state index is 14.1. The third kappa shape index (κ3) is 4.89. The Labute approximate surface area is 174 Å². The van der Waals surface area contributed by atoms with Gasteiger partial charge >= 0.3 is 0 Å². The largest absolute Gasteiger partial charge is 0.349 e. The maximum atomic E-state index is 14.1. The topological polar surface area (TPSA) is 45.2 Å². The monoisotopic (exact) mass is 407 g/mol. The average molecular weight is 407 g/mol. The summed E-state index contributed by atoms with van der Waals surface area (Å²) >= 11 is 0. The van der Waals surface area contributed by atoms with Gasteiger partial charge in [0.2, 0.25) is 0 Å². The predicted octanol–water partition coefficient (Wildman–Crippen LogP) is 4.42. The molecule has 154 valence electrons. The quantitative estimate of drug-likeness (QED) is 0.681. The van der Waals surface area contributed by atoms with Gasteiger partial charge in [-0.2, -0.15) is 0 Å². The van der Waals surface area contributed by atoms with Gasteiger partial charge in [0.1, 0.15) is 11.6 Å². The second-order valence-electron chi connectivity index (χ2n) is 7.58. The summed E-state index contributed by atoms with van der Waals surface area (Å²) in [7, 11) is 0. The van der Waals surface area contributed by atoms with Gasteiger partial charge in [0, 0.05) is 55.3 Å². The third-order valence-corrected chi connectivity index (χ3v) is 5.44. The number of aromatic nitrogens is 1. The second-order valence-corrected chi connectivity index (χ2v) is 7.58. The van der Waals surface area contributed by atoms with Crippen molar-refractivity contribution >= 4 is 5.91 Å². The maximum Gasteiger partial charge on any atom is 0.251 e. The zero-order valence-corrected chi connectivity index (χ0v) is 16.5. The lowest BCUT2D eigenvalue weighted by atomic mass is 10.0.